The molecular weight excluding hydrogens is 230 g/mol. The highest BCUT2D eigenvalue weighted by molar-refractivity contribution is 6.28. The summed E-state index contributed by atoms with van der Waals surface area (Å²) in [5.74, 6) is 0.843. The van der Waals surface area contributed by atoms with Gasteiger partial charge in [0.2, 0.25) is 0 Å². The molecule has 0 amide bonds. The van der Waals surface area contributed by atoms with E-state index in [9.17, 15) is 0 Å². The Labute approximate surface area is 99.7 Å². The van der Waals surface area contributed by atoms with Crippen molar-refractivity contribution < 1.29 is 14.3 Å². The molecule has 1 aliphatic rings. The van der Waals surface area contributed by atoms with Gasteiger partial charge >= 0.3 is 0 Å². The van der Waals surface area contributed by atoms with Crippen molar-refractivity contribution in [3.63, 3.8) is 0 Å². The van der Waals surface area contributed by atoms with Crippen molar-refractivity contribution in [1.82, 2.24) is 4.90 Å². The van der Waals surface area contributed by atoms with Gasteiger partial charge in [-0.1, -0.05) is 0 Å². The zero-order valence-corrected chi connectivity index (χ0v) is 9.98. The largest absolute Gasteiger partial charge is 0.448 e. The van der Waals surface area contributed by atoms with Crippen molar-refractivity contribution in [3.05, 3.63) is 23.1 Å². The highest BCUT2D eigenvalue weighted by Crippen LogP contribution is 2.19. The van der Waals surface area contributed by atoms with Crippen LogP contribution in [0.3, 0.4) is 0 Å². The summed E-state index contributed by atoms with van der Waals surface area (Å²) in [5, 5.41) is 9.48. The molecule has 1 N–H and O–H groups in total. The molecule has 0 aromatic carbocycles. The number of furan rings is 1. The lowest BCUT2D eigenvalue weighted by molar-refractivity contribution is -0.0819. The third kappa shape index (κ3) is 2.77. The topological polar surface area (TPSA) is 45.8 Å². The van der Waals surface area contributed by atoms with E-state index in [-0.39, 0.29) is 12.7 Å². The molecule has 90 valence electrons. The fraction of sp³-hybridized carbons (Fsp3) is 0.636. The molecule has 0 bridgehead atoms. The van der Waals surface area contributed by atoms with E-state index in [4.69, 9.17) is 25.9 Å². The van der Waals surface area contributed by atoms with Gasteiger partial charge in [-0.05, 0) is 30.7 Å². The third-order valence-corrected chi connectivity index (χ3v) is 3.03. The van der Waals surface area contributed by atoms with Crippen molar-refractivity contribution in [2.24, 2.45) is 0 Å². The van der Waals surface area contributed by atoms with Crippen LogP contribution in [0.2, 0.25) is 5.22 Å². The lowest BCUT2D eigenvalue weighted by Crippen LogP contribution is -2.48. The van der Waals surface area contributed by atoms with Crippen LogP contribution in [0, 0.1) is 0 Å². The Hall–Kier alpha value is -0.550. The minimum atomic E-state index is -0.0957. The Morgan fingerprint density at radius 1 is 1.56 bits per heavy atom. The van der Waals surface area contributed by atoms with Gasteiger partial charge in [-0.25, -0.2) is 0 Å². The van der Waals surface area contributed by atoms with Crippen LogP contribution in [0.5, 0.6) is 0 Å². The van der Waals surface area contributed by atoms with Crippen molar-refractivity contribution in [1.29, 1.82) is 0 Å². The molecule has 0 saturated carbocycles. The van der Waals surface area contributed by atoms with E-state index < -0.39 is 0 Å². The first-order chi connectivity index (χ1) is 7.69. The predicted octanol–water partition coefficient (Wildman–Crippen LogP) is 1.51. The summed E-state index contributed by atoms with van der Waals surface area (Å²) >= 11 is 5.72. The maximum Gasteiger partial charge on any atom is 0.193 e. The standard InChI is InChI=1S/C11H16ClNO3/c1-8-7-15-10(6-14)5-13(8)4-9-2-3-11(12)16-9/h2-3,8,10,14H,4-7H2,1H3. The molecule has 0 spiro atoms. The van der Waals surface area contributed by atoms with E-state index in [1.54, 1.807) is 6.07 Å². The Balaban J connectivity index is 1.96. The summed E-state index contributed by atoms with van der Waals surface area (Å²) in [7, 11) is 0. The average molecular weight is 246 g/mol. The summed E-state index contributed by atoms with van der Waals surface area (Å²) in [6.45, 7) is 4.21. The Bertz CT molecular complexity index is 342. The highest BCUT2D eigenvalue weighted by Gasteiger charge is 2.26. The number of ether oxygens (including phenoxy) is 1. The number of aliphatic hydroxyl groups is 1. The third-order valence-electron chi connectivity index (χ3n) is 2.83. The molecule has 0 aliphatic carbocycles. The van der Waals surface area contributed by atoms with Gasteiger partial charge in [0.15, 0.2) is 5.22 Å². The van der Waals surface area contributed by atoms with Crippen molar-refractivity contribution >= 4 is 11.6 Å². The first kappa shape index (κ1) is 11.9. The van der Waals surface area contributed by atoms with E-state index >= 15 is 0 Å². The maximum absolute atomic E-state index is 9.07. The smallest absolute Gasteiger partial charge is 0.193 e. The van der Waals surface area contributed by atoms with Crippen LogP contribution in [-0.2, 0) is 11.3 Å². The molecule has 4 nitrogen and oxygen atoms in total. The zero-order valence-electron chi connectivity index (χ0n) is 9.23. The number of hydrogen-bond acceptors (Lipinski definition) is 4. The molecule has 2 rings (SSSR count). The number of halogens is 1. The van der Waals surface area contributed by atoms with E-state index in [0.29, 0.717) is 24.4 Å². The first-order valence-electron chi connectivity index (χ1n) is 5.39. The van der Waals surface area contributed by atoms with E-state index in [0.717, 1.165) is 12.3 Å². The fourth-order valence-electron chi connectivity index (χ4n) is 1.84. The molecule has 2 unspecified atom stereocenters. The molecule has 0 radical (unpaired) electrons. The molecule has 1 saturated heterocycles. The van der Waals surface area contributed by atoms with Crippen molar-refractivity contribution in [3.8, 4) is 0 Å². The van der Waals surface area contributed by atoms with E-state index in [1.165, 1.54) is 0 Å². The SMILES string of the molecule is CC1COC(CO)CN1Cc1ccc(Cl)o1. The Kier molecular flexibility index (Phi) is 3.86. The highest BCUT2D eigenvalue weighted by atomic mass is 35.5. The Morgan fingerprint density at radius 3 is 3.00 bits per heavy atom. The molecule has 2 heterocycles. The normalized spacial score (nSPS) is 27.2. The van der Waals surface area contributed by atoms with Gasteiger partial charge in [0.25, 0.3) is 0 Å². The molecule has 16 heavy (non-hydrogen) atoms. The van der Waals surface area contributed by atoms with Crippen LogP contribution in [0.1, 0.15) is 12.7 Å². The van der Waals surface area contributed by atoms with Crippen LogP contribution in [0.4, 0.5) is 0 Å². The number of rotatable bonds is 3. The van der Waals surface area contributed by atoms with Gasteiger partial charge < -0.3 is 14.3 Å². The molecule has 2 atom stereocenters. The van der Waals surface area contributed by atoms with Crippen LogP contribution in [0.25, 0.3) is 0 Å². The van der Waals surface area contributed by atoms with Gasteiger partial charge in [-0.3, -0.25) is 4.90 Å². The van der Waals surface area contributed by atoms with Crippen molar-refractivity contribution in [2.45, 2.75) is 25.6 Å². The molecular formula is C11H16ClNO3. The average Bonchev–Trinajstić information content (AvgIpc) is 2.67. The second-order valence-electron chi connectivity index (χ2n) is 4.12. The first-order valence-corrected chi connectivity index (χ1v) is 5.77. The molecule has 1 fully saturated rings. The molecule has 1 aromatic heterocycles. The van der Waals surface area contributed by atoms with Crippen LogP contribution in [0.15, 0.2) is 16.5 Å². The summed E-state index contributed by atoms with van der Waals surface area (Å²) < 4.78 is 10.8. The lowest BCUT2D eigenvalue weighted by Gasteiger charge is -2.36. The Morgan fingerprint density at radius 2 is 2.38 bits per heavy atom. The summed E-state index contributed by atoms with van der Waals surface area (Å²) in [4.78, 5) is 2.22. The van der Waals surface area contributed by atoms with Gasteiger partial charge in [0.1, 0.15) is 5.76 Å². The zero-order chi connectivity index (χ0) is 11.5. The van der Waals surface area contributed by atoms with Gasteiger partial charge in [-0.2, -0.15) is 0 Å². The monoisotopic (exact) mass is 245 g/mol. The van der Waals surface area contributed by atoms with Gasteiger partial charge in [0, 0.05) is 12.6 Å². The second kappa shape index (κ2) is 5.19. The summed E-state index contributed by atoms with van der Waals surface area (Å²) in [5.41, 5.74) is 0. The van der Waals surface area contributed by atoms with Crippen LogP contribution in [-0.4, -0.2) is 41.9 Å². The van der Waals surface area contributed by atoms with Gasteiger partial charge in [-0.15, -0.1) is 0 Å². The minimum absolute atomic E-state index is 0.0577. The molecule has 1 aromatic rings. The number of nitrogens with zero attached hydrogens (tertiary/aromatic N) is 1. The fourth-order valence-corrected chi connectivity index (χ4v) is 2.00. The lowest BCUT2D eigenvalue weighted by atomic mass is 10.2. The van der Waals surface area contributed by atoms with Crippen LogP contribution >= 0.6 is 11.6 Å². The minimum Gasteiger partial charge on any atom is -0.448 e. The number of morpholine rings is 1. The quantitative estimate of drug-likeness (QED) is 0.877. The second-order valence-corrected chi connectivity index (χ2v) is 4.49. The predicted molar refractivity (Wildman–Crippen MR) is 60.4 cm³/mol. The molecule has 1 aliphatic heterocycles. The summed E-state index contributed by atoms with van der Waals surface area (Å²) in [6.07, 6.45) is -0.0957. The van der Waals surface area contributed by atoms with Crippen LogP contribution < -0.4 is 0 Å². The van der Waals surface area contributed by atoms with Gasteiger partial charge in [0.05, 0.1) is 25.9 Å². The van der Waals surface area contributed by atoms with E-state index in [1.807, 2.05) is 6.07 Å². The number of hydrogen-bond donors (Lipinski definition) is 1. The van der Waals surface area contributed by atoms with Crippen molar-refractivity contribution in [2.75, 3.05) is 19.8 Å². The maximum atomic E-state index is 9.07. The number of aliphatic hydroxyl groups excluding tert-OH is 1. The molecule has 5 heteroatoms. The van der Waals surface area contributed by atoms with E-state index in [2.05, 4.69) is 11.8 Å². The summed E-state index contributed by atoms with van der Waals surface area (Å²) in [6, 6.07) is 3.94.